The van der Waals surface area contributed by atoms with Crippen LogP contribution in [-0.2, 0) is 14.4 Å². The van der Waals surface area contributed by atoms with Crippen molar-refractivity contribution in [2.45, 2.75) is 25.0 Å². The molecule has 1 aromatic rings. The number of Topliss-reactive ketones (excluding diaryl/α,β-unsaturated/α-hetero) is 1. The van der Waals surface area contributed by atoms with E-state index in [9.17, 15) is 23.9 Å². The predicted molar refractivity (Wildman–Crippen MR) is 72.6 cm³/mol. The first-order valence-corrected chi connectivity index (χ1v) is 6.37. The Morgan fingerprint density at radius 2 is 2.13 bits per heavy atom. The molecule has 0 aliphatic carbocycles. The van der Waals surface area contributed by atoms with Crippen LogP contribution in [0.5, 0.6) is 0 Å². The second-order valence-corrected chi connectivity index (χ2v) is 4.49. The summed E-state index contributed by atoms with van der Waals surface area (Å²) in [7, 11) is 0. The van der Waals surface area contributed by atoms with E-state index >= 15 is 0 Å². The van der Waals surface area contributed by atoms with Crippen molar-refractivity contribution < 1.29 is 33.8 Å². The normalized spacial score (nSPS) is 12.6. The molecule has 9 nitrogen and oxygen atoms in total. The molecule has 3 N–H and O–H groups in total. The van der Waals surface area contributed by atoms with Crippen LogP contribution in [0.2, 0.25) is 0 Å². The Balaban J connectivity index is 2.72. The van der Waals surface area contributed by atoms with Crippen LogP contribution in [0, 0.1) is 5.82 Å². The molecule has 0 radical (unpaired) electrons. The van der Waals surface area contributed by atoms with Crippen LogP contribution in [0.3, 0.4) is 0 Å². The topological polar surface area (TPSA) is 153 Å². The summed E-state index contributed by atoms with van der Waals surface area (Å²) in [4.78, 5) is 40.0. The molecule has 1 rings (SSSR count). The molecule has 1 amide bonds. The van der Waals surface area contributed by atoms with Gasteiger partial charge in [0.05, 0.1) is 6.20 Å². The fourth-order valence-corrected chi connectivity index (χ4v) is 1.65. The molecule has 0 aliphatic heterocycles. The maximum atomic E-state index is 13.0. The first-order chi connectivity index (χ1) is 10.8. The van der Waals surface area contributed by atoms with Gasteiger partial charge in [0.25, 0.3) is 5.91 Å². The molecule has 122 valence electrons. The molecule has 1 heterocycles. The predicted octanol–water partition coefficient (Wildman–Crippen LogP) is -0.527. The van der Waals surface area contributed by atoms with Gasteiger partial charge < -0.3 is 21.1 Å². The van der Waals surface area contributed by atoms with Crippen LogP contribution in [0.1, 0.15) is 24.5 Å². The number of aliphatic hydroxyl groups is 1. The zero-order valence-electron chi connectivity index (χ0n) is 11.7. The van der Waals surface area contributed by atoms with E-state index in [0.717, 1.165) is 18.5 Å². The third-order valence-electron chi connectivity index (χ3n) is 2.79. The number of amides is 1. The minimum absolute atomic E-state index is 0.143. The number of carbonyl (C=O) groups is 3. The molecule has 0 unspecified atom stereocenters. The molecular formula is C13H13FN4O5. The largest absolute Gasteiger partial charge is 0.480 e. The van der Waals surface area contributed by atoms with Crippen LogP contribution in [0.15, 0.2) is 18.5 Å². The summed E-state index contributed by atoms with van der Waals surface area (Å²) >= 11 is 0. The fraction of sp³-hybridized carbons (Fsp3) is 0.308. The number of carboxylic acid groups (broad SMARTS) is 1. The number of aliphatic carboxylic acids is 1. The van der Waals surface area contributed by atoms with E-state index in [-0.39, 0.29) is 18.4 Å². The van der Waals surface area contributed by atoms with Gasteiger partial charge in [-0.1, -0.05) is 0 Å². The number of ketones is 1. The second-order valence-electron chi connectivity index (χ2n) is 4.49. The average Bonchev–Trinajstić information content (AvgIpc) is 2.50. The van der Waals surface area contributed by atoms with E-state index in [2.05, 4.69) is 9.77 Å². The first kappa shape index (κ1) is 18.1. The van der Waals surface area contributed by atoms with Gasteiger partial charge >= 0.3 is 12.2 Å². The second kappa shape index (κ2) is 8.47. The van der Waals surface area contributed by atoms with Crippen molar-refractivity contribution in [3.05, 3.63) is 35.4 Å². The third kappa shape index (κ3) is 5.73. The zero-order valence-corrected chi connectivity index (χ0v) is 11.7. The minimum atomic E-state index is -1.81. The lowest BCUT2D eigenvalue weighted by atomic mass is 10.1. The van der Waals surface area contributed by atoms with Crippen molar-refractivity contribution in [2.75, 3.05) is 0 Å². The van der Waals surface area contributed by atoms with Crippen molar-refractivity contribution in [1.82, 2.24) is 10.3 Å². The number of hydrogen-bond donors (Lipinski definition) is 3. The maximum absolute atomic E-state index is 13.0. The van der Waals surface area contributed by atoms with Gasteiger partial charge in [-0.25, -0.2) is 9.18 Å². The average molecular weight is 324 g/mol. The Hall–Kier alpha value is -2.97. The van der Waals surface area contributed by atoms with E-state index < -0.39 is 35.6 Å². The molecule has 0 aromatic carbocycles. The molecule has 23 heavy (non-hydrogen) atoms. The number of pyridine rings is 1. The molecule has 2 atom stereocenters. The standard InChI is InChI=1S/C13H13FN4O5/c14-8-3-7(4-16-5-8)11(20)12(21)18-10(13(22)23)2-1-9(19)6-17-15/h3-6,10-11,20H,1-2H2,(H,18,21)(H,22,23)/t10-,11-/m0/s1. The Bertz CT molecular complexity index is 660. The summed E-state index contributed by atoms with van der Waals surface area (Å²) in [6.07, 6.45) is 0.162. The number of nitrogens with zero attached hydrogens (tertiary/aromatic N) is 3. The Morgan fingerprint density at radius 3 is 2.70 bits per heavy atom. The number of carbonyl (C=O) groups excluding carboxylic acids is 2. The number of rotatable bonds is 8. The van der Waals surface area contributed by atoms with Crippen molar-refractivity contribution in [3.8, 4) is 0 Å². The van der Waals surface area contributed by atoms with Gasteiger partial charge in [-0.05, 0) is 12.5 Å². The Labute approximate surface area is 129 Å². The lowest BCUT2D eigenvalue weighted by Gasteiger charge is -2.16. The number of aromatic nitrogens is 1. The van der Waals surface area contributed by atoms with E-state index in [1.165, 1.54) is 0 Å². The van der Waals surface area contributed by atoms with Gasteiger partial charge in [0, 0.05) is 18.2 Å². The SMILES string of the molecule is [N-]=[N+]=CC(=O)CC[C@H](NC(=O)[C@@H](O)c1cncc(F)c1)C(=O)O. The zero-order chi connectivity index (χ0) is 17.4. The van der Waals surface area contributed by atoms with Gasteiger partial charge in [-0.3, -0.25) is 14.6 Å². The molecule has 0 saturated carbocycles. The van der Waals surface area contributed by atoms with Crippen LogP contribution in [-0.4, -0.2) is 49.9 Å². The van der Waals surface area contributed by atoms with E-state index in [1.54, 1.807) is 0 Å². The number of nitrogens with one attached hydrogen (secondary N) is 1. The summed E-state index contributed by atoms with van der Waals surface area (Å²) in [6, 6.07) is -0.566. The fourth-order valence-electron chi connectivity index (χ4n) is 1.65. The highest BCUT2D eigenvalue weighted by molar-refractivity contribution is 6.25. The summed E-state index contributed by atoms with van der Waals surface area (Å²) in [5.74, 6) is -3.90. The molecule has 10 heteroatoms. The number of halogens is 1. The highest BCUT2D eigenvalue weighted by Crippen LogP contribution is 2.13. The highest BCUT2D eigenvalue weighted by Gasteiger charge is 2.26. The van der Waals surface area contributed by atoms with Crippen molar-refractivity contribution >= 4 is 23.9 Å². The van der Waals surface area contributed by atoms with Crippen molar-refractivity contribution in [1.29, 1.82) is 0 Å². The van der Waals surface area contributed by atoms with E-state index in [4.69, 9.17) is 10.6 Å². The van der Waals surface area contributed by atoms with E-state index in [1.807, 2.05) is 5.32 Å². The summed E-state index contributed by atoms with van der Waals surface area (Å²) in [6.45, 7) is 0. The van der Waals surface area contributed by atoms with Gasteiger partial charge in [0.15, 0.2) is 6.10 Å². The smallest absolute Gasteiger partial charge is 0.326 e. The minimum Gasteiger partial charge on any atom is -0.480 e. The molecular weight excluding hydrogens is 311 g/mol. The molecule has 1 aromatic heterocycles. The van der Waals surface area contributed by atoms with Crippen LogP contribution in [0.25, 0.3) is 5.53 Å². The lowest BCUT2D eigenvalue weighted by molar-refractivity contribution is -0.143. The van der Waals surface area contributed by atoms with Gasteiger partial charge in [-0.2, -0.15) is 4.79 Å². The lowest BCUT2D eigenvalue weighted by Crippen LogP contribution is -2.43. The molecule has 0 saturated heterocycles. The van der Waals surface area contributed by atoms with E-state index in [0.29, 0.717) is 6.21 Å². The summed E-state index contributed by atoms with van der Waals surface area (Å²) in [5.41, 5.74) is 8.03. The monoisotopic (exact) mass is 324 g/mol. The maximum Gasteiger partial charge on any atom is 0.326 e. The van der Waals surface area contributed by atoms with Gasteiger partial charge in [0.1, 0.15) is 11.9 Å². The van der Waals surface area contributed by atoms with Crippen LogP contribution in [0.4, 0.5) is 4.39 Å². The molecule has 0 aliphatic rings. The molecule has 0 spiro atoms. The number of carboxylic acids is 1. The Kier molecular flexibility index (Phi) is 6.66. The third-order valence-corrected chi connectivity index (χ3v) is 2.79. The molecule has 0 fully saturated rings. The van der Waals surface area contributed by atoms with Crippen molar-refractivity contribution in [3.63, 3.8) is 0 Å². The summed E-state index contributed by atoms with van der Waals surface area (Å²) < 4.78 is 13.0. The Morgan fingerprint density at radius 1 is 1.43 bits per heavy atom. The first-order valence-electron chi connectivity index (χ1n) is 6.37. The molecule has 0 bridgehead atoms. The van der Waals surface area contributed by atoms with Gasteiger partial charge in [-0.15, -0.1) is 0 Å². The number of aliphatic hydroxyl groups excluding tert-OH is 1. The van der Waals surface area contributed by atoms with Gasteiger partial charge in [0.2, 0.25) is 5.78 Å². The highest BCUT2D eigenvalue weighted by atomic mass is 19.1. The summed E-state index contributed by atoms with van der Waals surface area (Å²) in [5, 5.41) is 20.8. The van der Waals surface area contributed by atoms with Crippen LogP contribution >= 0.6 is 0 Å². The quantitative estimate of drug-likeness (QED) is 0.332. The number of hydrogen-bond acceptors (Lipinski definition) is 5. The van der Waals surface area contributed by atoms with Crippen molar-refractivity contribution in [2.24, 2.45) is 0 Å². The van der Waals surface area contributed by atoms with Crippen LogP contribution < -0.4 is 5.32 Å².